The number of para-hydroxylation sites is 1. The molecule has 1 aromatic heterocycles. The third-order valence-electron chi connectivity index (χ3n) is 6.63. The van der Waals surface area contributed by atoms with Crippen LogP contribution in [0.15, 0.2) is 42.5 Å². The lowest BCUT2D eigenvalue weighted by Gasteiger charge is -2.48. The first-order valence-electron chi connectivity index (χ1n) is 10.6. The van der Waals surface area contributed by atoms with Crippen molar-refractivity contribution in [3.8, 4) is 11.5 Å². The fourth-order valence-electron chi connectivity index (χ4n) is 5.15. The minimum absolute atomic E-state index is 0.0104. The predicted molar refractivity (Wildman–Crippen MR) is 114 cm³/mol. The van der Waals surface area contributed by atoms with Gasteiger partial charge in [0.05, 0.1) is 6.04 Å². The predicted octanol–water partition coefficient (Wildman–Crippen LogP) is 2.99. The molecule has 1 saturated heterocycles. The Kier molecular flexibility index (Phi) is 3.84. The second-order valence-corrected chi connectivity index (χ2v) is 8.66. The first kappa shape index (κ1) is 18.3. The van der Waals surface area contributed by atoms with Crippen molar-refractivity contribution < 1.29 is 19.1 Å². The fraction of sp³-hybridized carbons (Fsp3) is 0.333. The minimum Gasteiger partial charge on any atom is -0.454 e. The Morgan fingerprint density at radius 2 is 1.87 bits per heavy atom. The zero-order chi connectivity index (χ0) is 21.3. The van der Waals surface area contributed by atoms with E-state index in [0.717, 1.165) is 27.7 Å². The van der Waals surface area contributed by atoms with Crippen molar-refractivity contribution in [2.45, 2.75) is 38.4 Å². The average Bonchev–Trinajstić information content (AvgIpc) is 3.38. The number of amides is 2. The maximum Gasteiger partial charge on any atom is 0.246 e. The Morgan fingerprint density at radius 1 is 1.06 bits per heavy atom. The Bertz CT molecular complexity index is 1230. The molecule has 7 heteroatoms. The number of ether oxygens (including phenoxy) is 2. The van der Waals surface area contributed by atoms with Crippen LogP contribution in [0.1, 0.15) is 36.7 Å². The number of rotatable bonds is 2. The van der Waals surface area contributed by atoms with Crippen LogP contribution in [0.2, 0.25) is 0 Å². The Labute approximate surface area is 179 Å². The summed E-state index contributed by atoms with van der Waals surface area (Å²) in [5.41, 5.74) is 3.99. The molecule has 7 nitrogen and oxygen atoms in total. The maximum absolute atomic E-state index is 13.5. The van der Waals surface area contributed by atoms with Gasteiger partial charge < -0.3 is 24.3 Å². The van der Waals surface area contributed by atoms with E-state index < -0.39 is 6.04 Å². The molecule has 1 fully saturated rings. The zero-order valence-electron chi connectivity index (χ0n) is 17.4. The van der Waals surface area contributed by atoms with Gasteiger partial charge in [-0.15, -0.1) is 0 Å². The number of aromatic nitrogens is 1. The Hall–Kier alpha value is -3.48. The van der Waals surface area contributed by atoms with Crippen molar-refractivity contribution in [3.63, 3.8) is 0 Å². The number of nitrogens with one attached hydrogen (secondary N) is 1. The van der Waals surface area contributed by atoms with Crippen molar-refractivity contribution in [3.05, 3.63) is 59.3 Å². The second kappa shape index (κ2) is 6.51. The van der Waals surface area contributed by atoms with Crippen molar-refractivity contribution in [1.29, 1.82) is 0 Å². The van der Waals surface area contributed by atoms with Crippen LogP contribution in [0.3, 0.4) is 0 Å². The highest BCUT2D eigenvalue weighted by molar-refractivity contribution is 5.97. The number of hydrogen-bond donors (Lipinski definition) is 1. The standard InChI is InChI=1S/C24H23N3O4/c1-13(2)26-11-21(28)27-18(24(26)29)10-16-15-5-3-4-6-17(15)25-22(16)23(27)14-7-8-19-20(9-14)31-12-30-19/h3-9,13,18,23,25H,10-12H2,1-2H3/t18-,23-/m0/s1. The molecule has 2 amide bonds. The highest BCUT2D eigenvalue weighted by Crippen LogP contribution is 2.45. The van der Waals surface area contributed by atoms with Crippen LogP contribution >= 0.6 is 0 Å². The molecule has 0 bridgehead atoms. The summed E-state index contributed by atoms with van der Waals surface area (Å²) in [4.78, 5) is 33.9. The number of aromatic amines is 1. The van der Waals surface area contributed by atoms with Crippen LogP contribution in [-0.4, -0.2) is 52.0 Å². The lowest BCUT2D eigenvalue weighted by molar-refractivity contribution is -0.160. The number of benzene rings is 2. The number of piperazine rings is 1. The van der Waals surface area contributed by atoms with Gasteiger partial charge in [0.2, 0.25) is 18.6 Å². The van der Waals surface area contributed by atoms with Crippen LogP contribution in [-0.2, 0) is 16.0 Å². The van der Waals surface area contributed by atoms with Crippen LogP contribution in [0.25, 0.3) is 10.9 Å². The molecular formula is C24H23N3O4. The van der Waals surface area contributed by atoms with Gasteiger partial charge >= 0.3 is 0 Å². The van der Waals surface area contributed by atoms with E-state index >= 15 is 0 Å². The average molecular weight is 417 g/mol. The molecular weight excluding hydrogens is 394 g/mol. The van der Waals surface area contributed by atoms with Crippen LogP contribution in [0, 0.1) is 0 Å². The van der Waals surface area contributed by atoms with E-state index in [2.05, 4.69) is 11.1 Å². The first-order valence-corrected chi connectivity index (χ1v) is 10.6. The third-order valence-corrected chi connectivity index (χ3v) is 6.63. The van der Waals surface area contributed by atoms with E-state index in [-0.39, 0.29) is 37.2 Å². The van der Waals surface area contributed by atoms with E-state index in [4.69, 9.17) is 9.47 Å². The summed E-state index contributed by atoms with van der Waals surface area (Å²) in [5, 5.41) is 1.10. The highest BCUT2D eigenvalue weighted by Gasteiger charge is 2.48. The molecule has 4 heterocycles. The van der Waals surface area contributed by atoms with E-state index in [9.17, 15) is 9.59 Å². The largest absolute Gasteiger partial charge is 0.454 e. The van der Waals surface area contributed by atoms with Gasteiger partial charge in [-0.1, -0.05) is 24.3 Å². The molecule has 0 aliphatic carbocycles. The van der Waals surface area contributed by atoms with Crippen molar-refractivity contribution in [2.75, 3.05) is 13.3 Å². The molecule has 3 aromatic rings. The molecule has 2 aromatic carbocycles. The van der Waals surface area contributed by atoms with Crippen LogP contribution in [0.4, 0.5) is 0 Å². The first-order chi connectivity index (χ1) is 15.0. The number of hydrogen-bond acceptors (Lipinski definition) is 4. The van der Waals surface area contributed by atoms with Gasteiger partial charge in [0, 0.05) is 29.1 Å². The SMILES string of the molecule is CC(C)N1CC(=O)N2[C@@H](c3ccc4c(c3)OCO4)c3[nH]c4ccccc4c3C[C@H]2C1=O. The fourth-order valence-corrected chi connectivity index (χ4v) is 5.15. The van der Waals surface area contributed by atoms with Gasteiger partial charge in [0.25, 0.3) is 0 Å². The van der Waals surface area contributed by atoms with Gasteiger partial charge in [-0.2, -0.15) is 0 Å². The molecule has 31 heavy (non-hydrogen) atoms. The van der Waals surface area contributed by atoms with Gasteiger partial charge in [-0.25, -0.2) is 0 Å². The quantitative estimate of drug-likeness (QED) is 0.696. The number of fused-ring (bicyclic) bond motifs is 5. The summed E-state index contributed by atoms with van der Waals surface area (Å²) in [6.07, 6.45) is 0.508. The number of H-pyrrole nitrogens is 1. The smallest absolute Gasteiger partial charge is 0.246 e. The van der Waals surface area contributed by atoms with E-state index in [1.807, 2.05) is 50.2 Å². The molecule has 3 aliphatic heterocycles. The third kappa shape index (κ3) is 2.59. The Morgan fingerprint density at radius 3 is 2.71 bits per heavy atom. The summed E-state index contributed by atoms with van der Waals surface area (Å²) < 4.78 is 11.1. The van der Waals surface area contributed by atoms with Crippen LogP contribution < -0.4 is 9.47 Å². The van der Waals surface area contributed by atoms with Gasteiger partial charge in [-0.3, -0.25) is 9.59 Å². The molecule has 0 unspecified atom stereocenters. The molecule has 6 rings (SSSR count). The highest BCUT2D eigenvalue weighted by atomic mass is 16.7. The molecule has 158 valence electrons. The summed E-state index contributed by atoms with van der Waals surface area (Å²) in [5.74, 6) is 1.33. The lowest BCUT2D eigenvalue weighted by atomic mass is 9.86. The van der Waals surface area contributed by atoms with Gasteiger partial charge in [0.1, 0.15) is 12.6 Å². The van der Waals surface area contributed by atoms with Gasteiger partial charge in [0.15, 0.2) is 11.5 Å². The molecule has 2 atom stereocenters. The normalized spacial score (nSPS) is 22.3. The molecule has 0 saturated carbocycles. The molecule has 0 radical (unpaired) electrons. The number of nitrogens with zero attached hydrogens (tertiary/aromatic N) is 2. The monoisotopic (exact) mass is 417 g/mol. The zero-order valence-corrected chi connectivity index (χ0v) is 17.4. The number of carbonyl (C=O) groups excluding carboxylic acids is 2. The van der Waals surface area contributed by atoms with E-state index in [1.165, 1.54) is 0 Å². The summed E-state index contributed by atoms with van der Waals surface area (Å²) >= 11 is 0. The second-order valence-electron chi connectivity index (χ2n) is 8.66. The van der Waals surface area contributed by atoms with Crippen LogP contribution in [0.5, 0.6) is 11.5 Å². The van der Waals surface area contributed by atoms with Gasteiger partial charge in [-0.05, 0) is 43.2 Å². The molecule has 0 spiro atoms. The summed E-state index contributed by atoms with van der Waals surface area (Å²) in [6.45, 7) is 4.20. The maximum atomic E-state index is 13.5. The summed E-state index contributed by atoms with van der Waals surface area (Å²) in [7, 11) is 0. The summed E-state index contributed by atoms with van der Waals surface area (Å²) in [6, 6.07) is 12.9. The van der Waals surface area contributed by atoms with E-state index in [1.54, 1.807) is 9.80 Å². The molecule has 3 aliphatic rings. The van der Waals surface area contributed by atoms with Crippen molar-refractivity contribution in [1.82, 2.24) is 14.8 Å². The molecule has 1 N–H and O–H groups in total. The van der Waals surface area contributed by atoms with Crippen molar-refractivity contribution >= 4 is 22.7 Å². The van der Waals surface area contributed by atoms with E-state index in [0.29, 0.717) is 17.9 Å². The minimum atomic E-state index is -0.522. The lowest BCUT2D eigenvalue weighted by Crippen LogP contribution is -2.64. The topological polar surface area (TPSA) is 74.9 Å². The number of carbonyl (C=O) groups is 2. The Balaban J connectivity index is 1.56. The van der Waals surface area contributed by atoms with Crippen molar-refractivity contribution in [2.24, 2.45) is 0 Å².